The maximum Gasteiger partial charge on any atom is 0.323 e. The molecule has 0 aliphatic carbocycles. The molecule has 6 aromatic rings. The molecule has 0 spiro atoms. The average molecular weight is 1110 g/mol. The van der Waals surface area contributed by atoms with Gasteiger partial charge in [0, 0.05) is 36.9 Å². The average Bonchev–Trinajstić information content (AvgIpc) is 4.18. The number of benzene rings is 6. The van der Waals surface area contributed by atoms with E-state index in [1.807, 2.05) is 170 Å². The van der Waals surface area contributed by atoms with Crippen LogP contribution in [0.2, 0.25) is 0 Å². The molecule has 4 unspecified atom stereocenters. The van der Waals surface area contributed by atoms with Crippen LogP contribution in [0.15, 0.2) is 170 Å². The molecule has 424 valence electrons. The normalized spacial score (nSPS) is 20.4. The van der Waals surface area contributed by atoms with Crippen molar-refractivity contribution in [2.24, 2.45) is 0 Å². The van der Waals surface area contributed by atoms with Crippen LogP contribution in [0, 0.1) is 0 Å². The van der Waals surface area contributed by atoms with Crippen molar-refractivity contribution >= 4 is 53.0 Å². The molecule has 6 N–H and O–H groups in total. The molecule has 9 amide bonds. The van der Waals surface area contributed by atoms with Gasteiger partial charge in [0.05, 0.1) is 24.7 Å². The monoisotopic (exact) mass is 1110 g/mol. The quantitative estimate of drug-likeness (QED) is 0.0608. The van der Waals surface area contributed by atoms with Crippen molar-refractivity contribution in [1.29, 1.82) is 0 Å². The second-order valence-electron chi connectivity index (χ2n) is 21.4. The van der Waals surface area contributed by atoms with Gasteiger partial charge in [-0.15, -0.1) is 0 Å². The van der Waals surface area contributed by atoms with E-state index in [9.17, 15) is 33.6 Å². The van der Waals surface area contributed by atoms with Crippen molar-refractivity contribution in [1.82, 2.24) is 40.9 Å². The van der Waals surface area contributed by atoms with Gasteiger partial charge in [0.1, 0.15) is 31.1 Å². The van der Waals surface area contributed by atoms with Crippen molar-refractivity contribution in [2.45, 2.75) is 100 Å². The summed E-state index contributed by atoms with van der Waals surface area (Å²) in [4.78, 5) is 104. The van der Waals surface area contributed by atoms with Crippen molar-refractivity contribution < 1.29 is 38.3 Å². The molecular formula is C64H70N10O8. The highest BCUT2D eigenvalue weighted by atomic mass is 16.5. The minimum atomic E-state index is -1.11. The number of hydrogen-bond acceptors (Lipinski definition) is 9. The second kappa shape index (κ2) is 26.2. The van der Waals surface area contributed by atoms with Gasteiger partial charge in [0.15, 0.2) is 0 Å². The molecule has 0 bridgehead atoms. The Balaban J connectivity index is 0.718. The summed E-state index contributed by atoms with van der Waals surface area (Å²) in [6, 6.07) is 48.5. The van der Waals surface area contributed by atoms with Crippen molar-refractivity contribution in [2.75, 3.05) is 44.0 Å². The number of rotatable bonds is 15. The number of anilines is 2. The van der Waals surface area contributed by atoms with Gasteiger partial charge in [-0.1, -0.05) is 146 Å². The molecule has 0 aromatic heterocycles. The Morgan fingerprint density at radius 3 is 1.50 bits per heavy atom. The lowest BCUT2D eigenvalue weighted by molar-refractivity contribution is -0.158. The third kappa shape index (κ3) is 13.3. The fourth-order valence-corrected chi connectivity index (χ4v) is 11.5. The summed E-state index contributed by atoms with van der Waals surface area (Å²) in [5, 5.41) is 18.2. The van der Waals surface area contributed by atoms with E-state index in [1.54, 1.807) is 28.7 Å². The summed E-state index contributed by atoms with van der Waals surface area (Å²) in [7, 11) is 1.65. The molecule has 4 heterocycles. The molecule has 0 radical (unpaired) electrons. The fourth-order valence-electron chi connectivity index (χ4n) is 11.5. The molecule has 4 aliphatic heterocycles. The number of fused-ring (bicyclic) bond motifs is 2. The molecular weight excluding hydrogens is 1040 g/mol. The van der Waals surface area contributed by atoms with Gasteiger partial charge in [-0.2, -0.15) is 0 Å². The zero-order valence-electron chi connectivity index (χ0n) is 46.1. The maximum atomic E-state index is 14.7. The van der Waals surface area contributed by atoms with Crippen LogP contribution in [0.25, 0.3) is 0 Å². The van der Waals surface area contributed by atoms with Crippen LogP contribution in [0.3, 0.4) is 0 Å². The smallest absolute Gasteiger partial charge is 0.323 e. The van der Waals surface area contributed by atoms with E-state index < -0.39 is 66.4 Å². The Bertz CT molecular complexity index is 3110. The van der Waals surface area contributed by atoms with Crippen molar-refractivity contribution in [3.8, 4) is 0 Å². The van der Waals surface area contributed by atoms with Crippen LogP contribution in [0.1, 0.15) is 90.9 Å². The SMILES string of the molecule is CNC(C)C(=O)N[C@H]1CN(C(=O)Nc2ccc(Cc3ccc(NC(=O)N4CCC(=O)N5C(CCC5C(=O)NC(c5ccccc5)c5ccccc5)OC4)cc3)cc2)CCC2CC[C@@H](C(=O)NC(c3ccccc3)c3ccccc3)N2C1=O. The molecule has 4 aliphatic rings. The van der Waals surface area contributed by atoms with Gasteiger partial charge in [-0.05, 0) is 110 Å². The largest absolute Gasteiger partial charge is 0.343 e. The molecule has 82 heavy (non-hydrogen) atoms. The number of carbonyl (C=O) groups excluding carboxylic acids is 7. The minimum Gasteiger partial charge on any atom is -0.343 e. The zero-order valence-corrected chi connectivity index (χ0v) is 46.1. The van der Waals surface area contributed by atoms with Crippen molar-refractivity contribution in [3.63, 3.8) is 0 Å². The zero-order chi connectivity index (χ0) is 57.1. The summed E-state index contributed by atoms with van der Waals surface area (Å²) < 4.78 is 6.17. The van der Waals surface area contributed by atoms with Gasteiger partial charge in [-0.3, -0.25) is 24.0 Å². The lowest BCUT2D eigenvalue weighted by atomic mass is 9.98. The first kappa shape index (κ1) is 56.4. The summed E-state index contributed by atoms with van der Waals surface area (Å²) in [5.74, 6) is -1.61. The molecule has 6 atom stereocenters. The van der Waals surface area contributed by atoms with Gasteiger partial charge in [-0.25, -0.2) is 9.59 Å². The third-order valence-electron chi connectivity index (χ3n) is 16.1. The number of nitrogens with zero attached hydrogens (tertiary/aromatic N) is 4. The van der Waals surface area contributed by atoms with Crippen LogP contribution >= 0.6 is 0 Å². The number of urea groups is 2. The van der Waals surface area contributed by atoms with Crippen LogP contribution in [-0.4, -0.2) is 131 Å². The Morgan fingerprint density at radius 2 is 1.01 bits per heavy atom. The lowest BCUT2D eigenvalue weighted by Crippen LogP contribution is -2.62. The van der Waals surface area contributed by atoms with Crippen LogP contribution in [0.4, 0.5) is 21.0 Å². The van der Waals surface area contributed by atoms with Gasteiger partial charge in [0.2, 0.25) is 29.5 Å². The summed E-state index contributed by atoms with van der Waals surface area (Å²) >= 11 is 0. The van der Waals surface area contributed by atoms with Crippen LogP contribution in [0.5, 0.6) is 0 Å². The minimum absolute atomic E-state index is 0.0322. The van der Waals surface area contributed by atoms with E-state index in [1.165, 1.54) is 4.90 Å². The molecule has 18 nitrogen and oxygen atoms in total. The topological polar surface area (TPSA) is 214 Å². The van der Waals surface area contributed by atoms with E-state index in [2.05, 4.69) is 31.9 Å². The molecule has 4 fully saturated rings. The number of ether oxygens (including phenoxy) is 1. The summed E-state index contributed by atoms with van der Waals surface area (Å²) in [6.45, 7) is 1.92. The molecule has 18 heteroatoms. The molecule has 6 aromatic carbocycles. The summed E-state index contributed by atoms with van der Waals surface area (Å²) in [6.07, 6.45) is 2.27. The Kier molecular flexibility index (Phi) is 18.0. The fraction of sp³-hybridized carbons (Fsp3) is 0.328. The van der Waals surface area contributed by atoms with Gasteiger partial charge in [0.25, 0.3) is 0 Å². The Morgan fingerprint density at radius 1 is 0.549 bits per heavy atom. The molecule has 4 saturated heterocycles. The van der Waals surface area contributed by atoms with E-state index in [-0.39, 0.29) is 56.5 Å². The van der Waals surface area contributed by atoms with Crippen LogP contribution in [-0.2, 0) is 35.1 Å². The van der Waals surface area contributed by atoms with E-state index in [0.717, 1.165) is 33.4 Å². The highest BCUT2D eigenvalue weighted by Gasteiger charge is 2.47. The number of amides is 9. The maximum absolute atomic E-state index is 14.7. The number of hydrogen-bond donors (Lipinski definition) is 6. The lowest BCUT2D eigenvalue weighted by Gasteiger charge is -2.39. The third-order valence-corrected chi connectivity index (χ3v) is 16.1. The first-order valence-corrected chi connectivity index (χ1v) is 28.2. The van der Waals surface area contributed by atoms with E-state index in [4.69, 9.17) is 4.74 Å². The predicted molar refractivity (Wildman–Crippen MR) is 311 cm³/mol. The van der Waals surface area contributed by atoms with Gasteiger partial charge >= 0.3 is 12.1 Å². The van der Waals surface area contributed by atoms with Crippen LogP contribution < -0.4 is 31.9 Å². The van der Waals surface area contributed by atoms with Crippen molar-refractivity contribution in [3.05, 3.63) is 203 Å². The van der Waals surface area contributed by atoms with Gasteiger partial charge < -0.3 is 56.2 Å². The molecule has 0 saturated carbocycles. The predicted octanol–water partition coefficient (Wildman–Crippen LogP) is 7.31. The van der Waals surface area contributed by atoms with E-state index >= 15 is 0 Å². The number of carbonyl (C=O) groups is 7. The second-order valence-corrected chi connectivity index (χ2v) is 21.4. The highest BCUT2D eigenvalue weighted by Crippen LogP contribution is 2.33. The van der Waals surface area contributed by atoms with E-state index in [0.29, 0.717) is 49.9 Å². The molecule has 10 rings (SSSR count). The Hall–Kier alpha value is -8.87. The summed E-state index contributed by atoms with van der Waals surface area (Å²) in [5.41, 5.74) is 6.74. The Labute approximate surface area is 477 Å². The highest BCUT2D eigenvalue weighted by molar-refractivity contribution is 5.96. The first-order chi connectivity index (χ1) is 39.9. The first-order valence-electron chi connectivity index (χ1n) is 28.2. The number of nitrogens with one attached hydrogen (secondary N) is 6. The standard InChI is InChI=1S/C64H70N10O8/c1-42(65-2)59(76)68-52-40-71(37-35-51-31-32-53(73(51)62(52)79)60(77)69-57(45-15-7-3-8-16-45)46-17-9-4-10-18-46)63(80)66-49-27-23-43(24-28-49)39-44-25-29-50(30-26-44)67-64(81)72-38-36-55(75)74-54(33-34-56(74)82-41-72)61(78)70-58(47-19-11-5-12-20-47)48-21-13-6-14-22-48/h3-30,42,51-54,56-58,65H,31-41H2,1-2H3,(H,66,80)(H,67,81)(H,68,76)(H,69,77)(H,70,78)/t42?,51?,52-,53-,54?,56?/m0/s1. The number of likely N-dealkylation sites (N-methyl/N-ethyl adjacent to an activating group) is 1.